The molecule has 7 heteroatoms. The lowest BCUT2D eigenvalue weighted by molar-refractivity contribution is -0.145. The van der Waals surface area contributed by atoms with Crippen LogP contribution in [0.2, 0.25) is 0 Å². The normalized spacial score (nSPS) is 13.3. The van der Waals surface area contributed by atoms with Crippen LogP contribution < -0.4 is 0 Å². The van der Waals surface area contributed by atoms with Gasteiger partial charge in [-0.1, -0.05) is 0 Å². The van der Waals surface area contributed by atoms with Crippen LogP contribution in [0.15, 0.2) is 0 Å². The van der Waals surface area contributed by atoms with Gasteiger partial charge in [-0.15, -0.1) is 0 Å². The zero-order valence-corrected chi connectivity index (χ0v) is 9.57. The number of rotatable bonds is 6. The number of methoxy groups -OCH3 is 1. The molecule has 0 radical (unpaired) electrons. The average Bonchev–Trinajstić information content (AvgIpc) is 2.08. The lowest BCUT2D eigenvalue weighted by Gasteiger charge is -2.14. The first-order valence-corrected chi connectivity index (χ1v) is 6.18. The first kappa shape index (κ1) is 14.3. The smallest absolute Gasteiger partial charge is 0.326 e. The molecular weight excluding hydrogens is 223 g/mol. The molecule has 15 heavy (non-hydrogen) atoms. The van der Waals surface area contributed by atoms with Gasteiger partial charge in [0, 0.05) is 6.42 Å². The van der Waals surface area contributed by atoms with Gasteiger partial charge in [-0.25, -0.2) is 0 Å². The minimum atomic E-state index is -4.26. The fraction of sp³-hybridized carbons (Fsp3) is 0.750. The van der Waals surface area contributed by atoms with Crippen LogP contribution in [0.4, 0.5) is 0 Å². The van der Waals surface area contributed by atoms with E-state index in [1.807, 2.05) is 0 Å². The molecule has 0 amide bonds. The van der Waals surface area contributed by atoms with Gasteiger partial charge in [0.1, 0.15) is 5.78 Å². The van der Waals surface area contributed by atoms with E-state index in [-0.39, 0.29) is 18.6 Å². The number of Topliss-reactive ketones (excluding diaryl/α,β-unsaturated/α-hetero) is 1. The summed E-state index contributed by atoms with van der Waals surface area (Å²) < 4.78 is 15.1. The molecular formula is C8H15O6P. The van der Waals surface area contributed by atoms with E-state index in [9.17, 15) is 14.2 Å². The first-order valence-electron chi connectivity index (χ1n) is 4.38. The molecule has 2 N–H and O–H groups in total. The standard InChI is InChI=1S/C8H15O6P/c1-6(9)3-4-7(8(10)14-2)5-15(11,12)13/h7H,3-5H2,1-2H3,(H2,11,12,13). The van der Waals surface area contributed by atoms with E-state index in [1.165, 1.54) is 6.92 Å². The second kappa shape index (κ2) is 6.00. The van der Waals surface area contributed by atoms with Gasteiger partial charge >= 0.3 is 13.6 Å². The summed E-state index contributed by atoms with van der Waals surface area (Å²) in [5.74, 6) is -1.74. The van der Waals surface area contributed by atoms with Gasteiger partial charge in [-0.05, 0) is 13.3 Å². The first-order chi connectivity index (χ1) is 6.76. The van der Waals surface area contributed by atoms with E-state index >= 15 is 0 Å². The summed E-state index contributed by atoms with van der Waals surface area (Å²) in [7, 11) is -3.12. The third kappa shape index (κ3) is 7.25. The summed E-state index contributed by atoms with van der Waals surface area (Å²) >= 11 is 0. The van der Waals surface area contributed by atoms with Crippen LogP contribution in [0.5, 0.6) is 0 Å². The van der Waals surface area contributed by atoms with E-state index in [0.29, 0.717) is 0 Å². The van der Waals surface area contributed by atoms with Crippen molar-refractivity contribution in [2.45, 2.75) is 19.8 Å². The molecule has 0 aliphatic rings. The highest BCUT2D eigenvalue weighted by Gasteiger charge is 2.28. The van der Waals surface area contributed by atoms with Gasteiger partial charge in [-0.3, -0.25) is 9.36 Å². The van der Waals surface area contributed by atoms with Gasteiger partial charge in [0.25, 0.3) is 0 Å². The molecule has 0 bridgehead atoms. The Kier molecular flexibility index (Phi) is 5.72. The van der Waals surface area contributed by atoms with Crippen LogP contribution in [-0.2, 0) is 18.9 Å². The molecule has 0 heterocycles. The summed E-state index contributed by atoms with van der Waals surface area (Å²) in [5, 5.41) is 0. The molecule has 0 fully saturated rings. The van der Waals surface area contributed by atoms with Crippen molar-refractivity contribution in [2.24, 2.45) is 5.92 Å². The van der Waals surface area contributed by atoms with Gasteiger partial charge in [0.2, 0.25) is 0 Å². The Morgan fingerprint density at radius 2 is 1.93 bits per heavy atom. The molecule has 0 rings (SSSR count). The fourth-order valence-corrected chi connectivity index (χ4v) is 2.02. The van der Waals surface area contributed by atoms with Crippen molar-refractivity contribution in [3.8, 4) is 0 Å². The zero-order valence-electron chi connectivity index (χ0n) is 8.67. The number of hydrogen-bond acceptors (Lipinski definition) is 4. The van der Waals surface area contributed by atoms with Gasteiger partial charge in [0.05, 0.1) is 19.2 Å². The minimum Gasteiger partial charge on any atom is -0.469 e. The predicted molar refractivity (Wildman–Crippen MR) is 52.3 cm³/mol. The molecule has 0 aromatic carbocycles. The molecule has 0 aromatic heterocycles. The Balaban J connectivity index is 4.38. The topological polar surface area (TPSA) is 101 Å². The van der Waals surface area contributed by atoms with Crippen LogP contribution in [0.25, 0.3) is 0 Å². The van der Waals surface area contributed by atoms with Crippen molar-refractivity contribution in [3.05, 3.63) is 0 Å². The number of esters is 1. The Labute approximate surface area is 87.8 Å². The van der Waals surface area contributed by atoms with Crippen molar-refractivity contribution in [3.63, 3.8) is 0 Å². The number of ether oxygens (including phenoxy) is 1. The van der Waals surface area contributed by atoms with E-state index in [1.54, 1.807) is 0 Å². The van der Waals surface area contributed by atoms with E-state index in [4.69, 9.17) is 9.79 Å². The van der Waals surface area contributed by atoms with Crippen LogP contribution >= 0.6 is 7.60 Å². The lowest BCUT2D eigenvalue weighted by Crippen LogP contribution is -2.21. The number of hydrogen-bond donors (Lipinski definition) is 2. The van der Waals surface area contributed by atoms with Crippen molar-refractivity contribution in [1.29, 1.82) is 0 Å². The highest BCUT2D eigenvalue weighted by atomic mass is 31.2. The van der Waals surface area contributed by atoms with Gasteiger partial charge < -0.3 is 19.3 Å². The summed E-state index contributed by atoms with van der Waals surface area (Å²) in [4.78, 5) is 39.2. The quantitative estimate of drug-likeness (QED) is 0.510. The van der Waals surface area contributed by atoms with Crippen molar-refractivity contribution in [2.75, 3.05) is 13.3 Å². The van der Waals surface area contributed by atoms with Gasteiger partial charge in [0.15, 0.2) is 0 Å². The van der Waals surface area contributed by atoms with Gasteiger partial charge in [-0.2, -0.15) is 0 Å². The number of carbonyl (C=O) groups is 2. The predicted octanol–water partition coefficient (Wildman–Crippen LogP) is 0.322. The summed E-state index contributed by atoms with van der Waals surface area (Å²) in [5.41, 5.74) is 0. The monoisotopic (exact) mass is 238 g/mol. The Hall–Kier alpha value is -0.710. The third-order valence-electron chi connectivity index (χ3n) is 1.84. The van der Waals surface area contributed by atoms with Crippen LogP contribution in [0.1, 0.15) is 19.8 Å². The molecule has 0 aliphatic carbocycles. The van der Waals surface area contributed by atoms with E-state index in [2.05, 4.69) is 4.74 Å². The Bertz CT molecular complexity index is 281. The highest BCUT2D eigenvalue weighted by Crippen LogP contribution is 2.38. The molecule has 0 aliphatic heterocycles. The Morgan fingerprint density at radius 1 is 1.40 bits per heavy atom. The molecule has 0 aromatic rings. The molecule has 0 spiro atoms. The largest absolute Gasteiger partial charge is 0.469 e. The second-order valence-corrected chi connectivity index (χ2v) is 5.00. The summed E-state index contributed by atoms with van der Waals surface area (Å²) in [6.45, 7) is 1.35. The van der Waals surface area contributed by atoms with Crippen molar-refractivity contribution >= 4 is 19.3 Å². The zero-order chi connectivity index (χ0) is 12.1. The van der Waals surface area contributed by atoms with Crippen molar-refractivity contribution < 1.29 is 28.7 Å². The molecule has 88 valence electrons. The van der Waals surface area contributed by atoms with E-state index < -0.39 is 25.6 Å². The SMILES string of the molecule is COC(=O)C(CCC(C)=O)CP(=O)(O)O. The average molecular weight is 238 g/mol. The maximum absolute atomic E-state index is 11.1. The number of carbonyl (C=O) groups excluding carboxylic acids is 2. The third-order valence-corrected chi connectivity index (χ3v) is 2.75. The molecule has 1 unspecified atom stereocenters. The highest BCUT2D eigenvalue weighted by molar-refractivity contribution is 7.51. The lowest BCUT2D eigenvalue weighted by atomic mass is 10.0. The minimum absolute atomic E-state index is 0.104. The molecule has 1 atom stereocenters. The van der Waals surface area contributed by atoms with E-state index in [0.717, 1.165) is 7.11 Å². The number of ketones is 1. The molecule has 6 nitrogen and oxygen atoms in total. The summed E-state index contributed by atoms with van der Waals surface area (Å²) in [6, 6.07) is 0. The Morgan fingerprint density at radius 3 is 2.27 bits per heavy atom. The van der Waals surface area contributed by atoms with Crippen LogP contribution in [0, 0.1) is 5.92 Å². The molecule has 0 saturated carbocycles. The second-order valence-electron chi connectivity index (χ2n) is 3.31. The molecule has 0 saturated heterocycles. The maximum atomic E-state index is 11.1. The van der Waals surface area contributed by atoms with Crippen LogP contribution in [0.3, 0.4) is 0 Å². The fourth-order valence-electron chi connectivity index (χ4n) is 1.11. The maximum Gasteiger partial charge on any atom is 0.326 e. The van der Waals surface area contributed by atoms with Crippen LogP contribution in [-0.4, -0.2) is 34.8 Å². The summed E-state index contributed by atoms with van der Waals surface area (Å²) in [6.07, 6.45) is -0.361. The van der Waals surface area contributed by atoms with Crippen molar-refractivity contribution in [1.82, 2.24) is 0 Å².